The van der Waals surface area contributed by atoms with E-state index in [-0.39, 0.29) is 17.4 Å². The zero-order valence-corrected chi connectivity index (χ0v) is 20.6. The van der Waals surface area contributed by atoms with Crippen molar-refractivity contribution >= 4 is 52.3 Å². The number of nitrogens with one attached hydrogen (secondary N) is 1. The summed E-state index contributed by atoms with van der Waals surface area (Å²) in [4.78, 5) is 23.9. The predicted molar refractivity (Wildman–Crippen MR) is 132 cm³/mol. The van der Waals surface area contributed by atoms with Crippen molar-refractivity contribution in [3.8, 4) is 5.75 Å². The van der Waals surface area contributed by atoms with Crippen LogP contribution >= 0.6 is 35.0 Å². The van der Waals surface area contributed by atoms with E-state index in [9.17, 15) is 9.59 Å². The number of aromatic nitrogens is 3. The van der Waals surface area contributed by atoms with Crippen molar-refractivity contribution in [1.29, 1.82) is 0 Å². The number of hydrogen-bond donors (Lipinski definition) is 1. The fourth-order valence-corrected chi connectivity index (χ4v) is 4.36. The van der Waals surface area contributed by atoms with Crippen molar-refractivity contribution in [3.63, 3.8) is 0 Å². The first-order valence-electron chi connectivity index (χ1n) is 10.4. The minimum atomic E-state index is -0.179. The smallest absolute Gasteiger partial charge is 0.234 e. The summed E-state index contributed by atoms with van der Waals surface area (Å²) in [6.07, 6.45) is 1.41. The maximum absolute atomic E-state index is 12.4. The van der Waals surface area contributed by atoms with E-state index in [1.54, 1.807) is 42.5 Å². The number of hydrogen-bond acceptors (Lipinski definition) is 6. The Hall–Kier alpha value is -2.55. The molecule has 33 heavy (non-hydrogen) atoms. The summed E-state index contributed by atoms with van der Waals surface area (Å²) in [6, 6.07) is 12.0. The number of ether oxygens (including phenoxy) is 1. The zero-order valence-electron chi connectivity index (χ0n) is 18.3. The highest BCUT2D eigenvalue weighted by molar-refractivity contribution is 7.99. The summed E-state index contributed by atoms with van der Waals surface area (Å²) in [5.41, 5.74) is 1.14. The van der Waals surface area contributed by atoms with Gasteiger partial charge in [0, 0.05) is 29.2 Å². The zero-order chi connectivity index (χ0) is 23.8. The average Bonchev–Trinajstić information content (AvgIpc) is 3.18. The minimum absolute atomic E-state index is 0.0503. The van der Waals surface area contributed by atoms with Crippen molar-refractivity contribution in [2.45, 2.75) is 38.4 Å². The third-order valence-corrected chi connectivity index (χ3v) is 6.19. The SMILES string of the molecule is CCn1c(CCCOc2ccc(Cl)cc2Cl)nnc1SCC(=O)Nc1cccc(C(C)=O)c1. The molecule has 0 saturated carbocycles. The second-order valence-electron chi connectivity index (χ2n) is 7.14. The molecule has 1 heterocycles. The largest absolute Gasteiger partial charge is 0.492 e. The van der Waals surface area contributed by atoms with Crippen LogP contribution in [-0.2, 0) is 17.8 Å². The van der Waals surface area contributed by atoms with Crippen molar-refractivity contribution < 1.29 is 14.3 Å². The van der Waals surface area contributed by atoms with Crippen LogP contribution in [-0.4, -0.2) is 38.8 Å². The molecule has 0 fully saturated rings. The van der Waals surface area contributed by atoms with E-state index in [1.165, 1.54) is 18.7 Å². The standard InChI is InChI=1S/C23H24Cl2N4O3S/c1-3-29-21(8-5-11-32-20-10-9-17(24)13-19(20)25)27-28-23(29)33-14-22(31)26-18-7-4-6-16(12-18)15(2)30/h4,6-7,9-10,12-13H,3,5,8,11,14H2,1-2H3,(H,26,31). The molecular formula is C23H24Cl2N4O3S. The van der Waals surface area contributed by atoms with Gasteiger partial charge < -0.3 is 14.6 Å². The Balaban J connectivity index is 1.50. The lowest BCUT2D eigenvalue weighted by atomic mass is 10.1. The van der Waals surface area contributed by atoms with Crippen LogP contribution in [0.3, 0.4) is 0 Å². The van der Waals surface area contributed by atoms with Crippen LogP contribution < -0.4 is 10.1 Å². The molecule has 0 aliphatic carbocycles. The lowest BCUT2D eigenvalue weighted by Crippen LogP contribution is -2.15. The Labute approximate surface area is 206 Å². The van der Waals surface area contributed by atoms with Gasteiger partial charge in [0.2, 0.25) is 5.91 Å². The molecule has 0 atom stereocenters. The molecule has 1 N–H and O–H groups in total. The Kier molecular flexibility index (Phi) is 9.17. The molecule has 1 aromatic heterocycles. The second-order valence-corrected chi connectivity index (χ2v) is 8.93. The molecule has 0 saturated heterocycles. The van der Waals surface area contributed by atoms with Crippen LogP contribution in [0.5, 0.6) is 5.75 Å². The number of carbonyl (C=O) groups excluding carboxylic acids is 2. The third-order valence-electron chi connectivity index (χ3n) is 4.69. The molecule has 2 aromatic carbocycles. The third kappa shape index (κ3) is 7.22. The first kappa shape index (κ1) is 25.1. The van der Waals surface area contributed by atoms with Gasteiger partial charge in [0.05, 0.1) is 17.4 Å². The summed E-state index contributed by atoms with van der Waals surface area (Å²) in [7, 11) is 0. The second kappa shape index (κ2) is 12.1. The highest BCUT2D eigenvalue weighted by Gasteiger charge is 2.14. The molecule has 174 valence electrons. The molecule has 0 aliphatic heterocycles. The number of aryl methyl sites for hydroxylation is 1. The van der Waals surface area contributed by atoms with Crippen molar-refractivity contribution in [2.24, 2.45) is 0 Å². The van der Waals surface area contributed by atoms with E-state index in [1.807, 2.05) is 11.5 Å². The Morgan fingerprint density at radius 1 is 1.15 bits per heavy atom. The van der Waals surface area contributed by atoms with Gasteiger partial charge in [0.1, 0.15) is 11.6 Å². The van der Waals surface area contributed by atoms with Crippen LogP contribution in [0, 0.1) is 0 Å². The average molecular weight is 507 g/mol. The van der Waals surface area contributed by atoms with E-state index >= 15 is 0 Å². The lowest BCUT2D eigenvalue weighted by Gasteiger charge is -2.10. The number of benzene rings is 2. The first-order valence-corrected chi connectivity index (χ1v) is 12.1. The molecule has 0 radical (unpaired) electrons. The molecule has 0 bridgehead atoms. The van der Waals surface area contributed by atoms with Crippen molar-refractivity contribution in [2.75, 3.05) is 17.7 Å². The monoisotopic (exact) mass is 506 g/mol. The number of nitrogens with zero attached hydrogens (tertiary/aromatic N) is 3. The van der Waals surface area contributed by atoms with Gasteiger partial charge in [0.25, 0.3) is 0 Å². The molecule has 10 heteroatoms. The summed E-state index contributed by atoms with van der Waals surface area (Å²) in [5.74, 6) is 1.38. The van der Waals surface area contributed by atoms with Crippen LogP contribution in [0.4, 0.5) is 5.69 Å². The number of amides is 1. The van der Waals surface area contributed by atoms with Gasteiger partial charge in [-0.2, -0.15) is 0 Å². The van der Waals surface area contributed by atoms with E-state index in [0.717, 1.165) is 12.2 Å². The van der Waals surface area contributed by atoms with Crippen molar-refractivity contribution in [1.82, 2.24) is 14.8 Å². The number of thioether (sulfide) groups is 1. The number of ketones is 1. The highest BCUT2D eigenvalue weighted by Crippen LogP contribution is 2.27. The molecule has 3 aromatic rings. The number of carbonyl (C=O) groups is 2. The van der Waals surface area contributed by atoms with Gasteiger partial charge in [-0.1, -0.05) is 47.1 Å². The van der Waals surface area contributed by atoms with Crippen molar-refractivity contribution in [3.05, 3.63) is 63.9 Å². The van der Waals surface area contributed by atoms with Crippen LogP contribution in [0.1, 0.15) is 36.5 Å². The summed E-state index contributed by atoms with van der Waals surface area (Å²) in [5, 5.41) is 13.0. The van der Waals surface area contributed by atoms with E-state index in [2.05, 4.69) is 15.5 Å². The summed E-state index contributed by atoms with van der Waals surface area (Å²) in [6.45, 7) is 4.66. The van der Waals surface area contributed by atoms with Gasteiger partial charge in [-0.15, -0.1) is 10.2 Å². The fraction of sp³-hybridized carbons (Fsp3) is 0.304. The Morgan fingerprint density at radius 3 is 2.70 bits per heavy atom. The van der Waals surface area contributed by atoms with Gasteiger partial charge in [0.15, 0.2) is 10.9 Å². The van der Waals surface area contributed by atoms with E-state index in [4.69, 9.17) is 27.9 Å². The maximum atomic E-state index is 12.4. The predicted octanol–water partition coefficient (Wildman–Crippen LogP) is 5.55. The number of anilines is 1. The maximum Gasteiger partial charge on any atom is 0.234 e. The van der Waals surface area contributed by atoms with Crippen LogP contribution in [0.15, 0.2) is 47.6 Å². The van der Waals surface area contributed by atoms with Gasteiger partial charge >= 0.3 is 0 Å². The number of Topliss-reactive ketones (excluding diaryl/α,β-unsaturated/α-hetero) is 1. The Bertz CT molecular complexity index is 1140. The lowest BCUT2D eigenvalue weighted by molar-refractivity contribution is -0.113. The molecule has 1 amide bonds. The highest BCUT2D eigenvalue weighted by atomic mass is 35.5. The van der Waals surface area contributed by atoms with Crippen LogP contribution in [0.25, 0.3) is 0 Å². The molecular weight excluding hydrogens is 483 g/mol. The first-order chi connectivity index (χ1) is 15.9. The fourth-order valence-electron chi connectivity index (χ4n) is 3.08. The van der Waals surface area contributed by atoms with E-state index in [0.29, 0.717) is 51.8 Å². The minimum Gasteiger partial charge on any atom is -0.492 e. The normalized spacial score (nSPS) is 10.8. The molecule has 0 spiro atoms. The van der Waals surface area contributed by atoms with Gasteiger partial charge in [-0.3, -0.25) is 9.59 Å². The number of rotatable bonds is 11. The molecule has 0 aliphatic rings. The van der Waals surface area contributed by atoms with Gasteiger partial charge in [-0.25, -0.2) is 0 Å². The van der Waals surface area contributed by atoms with Gasteiger partial charge in [-0.05, 0) is 50.6 Å². The summed E-state index contributed by atoms with van der Waals surface area (Å²) < 4.78 is 7.71. The molecule has 0 unspecified atom stereocenters. The number of halogens is 2. The quantitative estimate of drug-likeness (QED) is 0.208. The van der Waals surface area contributed by atoms with E-state index < -0.39 is 0 Å². The topological polar surface area (TPSA) is 86.1 Å². The molecule has 3 rings (SSSR count). The van der Waals surface area contributed by atoms with Crippen LogP contribution in [0.2, 0.25) is 10.0 Å². The molecule has 7 nitrogen and oxygen atoms in total. The Morgan fingerprint density at radius 2 is 1.97 bits per heavy atom. The summed E-state index contributed by atoms with van der Waals surface area (Å²) >= 11 is 13.3.